The lowest BCUT2D eigenvalue weighted by molar-refractivity contribution is -0.149. The Balaban J connectivity index is 1.51. The molecule has 0 saturated carbocycles. The van der Waals surface area contributed by atoms with Gasteiger partial charge in [-0.3, -0.25) is 14.4 Å². The van der Waals surface area contributed by atoms with Crippen molar-refractivity contribution in [3.63, 3.8) is 0 Å². The molecule has 9 nitrogen and oxygen atoms in total. The van der Waals surface area contributed by atoms with Crippen LogP contribution in [0.5, 0.6) is 0 Å². The fraction of sp³-hybridized carbons (Fsp3) is 0.280. The van der Waals surface area contributed by atoms with Crippen LogP contribution in [-0.4, -0.2) is 48.6 Å². The summed E-state index contributed by atoms with van der Waals surface area (Å²) in [5.41, 5.74) is 4.65. The molecule has 2 amide bonds. The molecule has 1 aromatic heterocycles. The summed E-state index contributed by atoms with van der Waals surface area (Å²) < 4.78 is 11.4. The van der Waals surface area contributed by atoms with Crippen LogP contribution in [0.25, 0.3) is 10.9 Å². The number of amides is 2. The Morgan fingerprint density at radius 1 is 0.971 bits per heavy atom. The first kappa shape index (κ1) is 24.5. The maximum absolute atomic E-state index is 12.3. The molecule has 34 heavy (non-hydrogen) atoms. The summed E-state index contributed by atoms with van der Waals surface area (Å²) in [4.78, 5) is 48.5. The summed E-state index contributed by atoms with van der Waals surface area (Å²) in [7, 11) is 1.28. The fourth-order valence-corrected chi connectivity index (χ4v) is 3.77. The number of fused-ring (bicyclic) bond motifs is 1. The van der Waals surface area contributed by atoms with Crippen LogP contribution in [0.4, 0.5) is 5.69 Å². The van der Waals surface area contributed by atoms with E-state index in [0.717, 1.165) is 16.7 Å². The van der Waals surface area contributed by atoms with Gasteiger partial charge in [-0.25, -0.2) is 4.79 Å². The topological polar surface area (TPSA) is 116 Å². The van der Waals surface area contributed by atoms with Crippen LogP contribution in [0, 0.1) is 20.8 Å². The lowest BCUT2D eigenvalue weighted by Crippen LogP contribution is -2.36. The van der Waals surface area contributed by atoms with E-state index >= 15 is 0 Å². The van der Waals surface area contributed by atoms with Gasteiger partial charge in [-0.05, 0) is 38.0 Å². The number of ether oxygens (including phenoxy) is 2. The number of para-hydroxylation sites is 1. The molecule has 1 heterocycles. The summed E-state index contributed by atoms with van der Waals surface area (Å²) in [5, 5.41) is 5.87. The first-order valence-electron chi connectivity index (χ1n) is 10.7. The van der Waals surface area contributed by atoms with Crippen LogP contribution in [0.2, 0.25) is 0 Å². The number of aromatic nitrogens is 1. The fourth-order valence-electron chi connectivity index (χ4n) is 3.77. The van der Waals surface area contributed by atoms with Crippen LogP contribution in [0.3, 0.4) is 0 Å². The van der Waals surface area contributed by atoms with Crippen molar-refractivity contribution in [2.75, 3.05) is 25.6 Å². The van der Waals surface area contributed by atoms with E-state index in [1.54, 1.807) is 28.8 Å². The molecule has 3 rings (SSSR count). The van der Waals surface area contributed by atoms with E-state index in [0.29, 0.717) is 22.2 Å². The number of nitrogens with zero attached hydrogens (tertiary/aromatic N) is 1. The van der Waals surface area contributed by atoms with Gasteiger partial charge in [0.15, 0.2) is 6.61 Å². The molecule has 178 valence electrons. The molecule has 3 aromatic rings. The molecule has 0 radical (unpaired) electrons. The maximum Gasteiger partial charge on any atom is 0.340 e. The van der Waals surface area contributed by atoms with Crippen molar-refractivity contribution < 1.29 is 28.7 Å². The Morgan fingerprint density at radius 2 is 1.65 bits per heavy atom. The zero-order valence-electron chi connectivity index (χ0n) is 19.6. The Labute approximate surface area is 197 Å². The van der Waals surface area contributed by atoms with E-state index < -0.39 is 24.5 Å². The highest BCUT2D eigenvalue weighted by Gasteiger charge is 2.18. The van der Waals surface area contributed by atoms with Gasteiger partial charge in [0, 0.05) is 22.8 Å². The molecule has 0 fully saturated rings. The minimum atomic E-state index is -0.664. The third-order valence-electron chi connectivity index (χ3n) is 5.25. The zero-order chi connectivity index (χ0) is 24.8. The van der Waals surface area contributed by atoms with Gasteiger partial charge in [0.25, 0.3) is 5.91 Å². The SMILES string of the molecule is COC(=O)c1cn(CC(=O)OCC(=O)NCC(=O)Nc2c(C)cc(C)cc2C)c2ccccc12. The Hall–Kier alpha value is -4.14. The largest absolute Gasteiger partial charge is 0.465 e. The first-order valence-corrected chi connectivity index (χ1v) is 10.7. The van der Waals surface area contributed by atoms with Gasteiger partial charge >= 0.3 is 11.9 Å². The number of methoxy groups -OCH3 is 1. The second-order valence-electron chi connectivity index (χ2n) is 7.94. The number of nitrogens with one attached hydrogen (secondary N) is 2. The summed E-state index contributed by atoms with van der Waals surface area (Å²) in [6.45, 7) is 4.79. The third-order valence-corrected chi connectivity index (χ3v) is 5.25. The predicted molar refractivity (Wildman–Crippen MR) is 127 cm³/mol. The van der Waals surface area contributed by atoms with E-state index in [4.69, 9.17) is 9.47 Å². The van der Waals surface area contributed by atoms with Crippen molar-refractivity contribution >= 4 is 40.3 Å². The molecular formula is C25H27N3O6. The van der Waals surface area contributed by atoms with E-state index in [1.165, 1.54) is 13.3 Å². The van der Waals surface area contributed by atoms with Crippen LogP contribution in [-0.2, 0) is 30.4 Å². The van der Waals surface area contributed by atoms with Crippen LogP contribution in [0.1, 0.15) is 27.0 Å². The molecule has 0 aliphatic rings. The first-order chi connectivity index (χ1) is 16.2. The number of aryl methyl sites for hydroxylation is 3. The van der Waals surface area contributed by atoms with Gasteiger partial charge in [-0.15, -0.1) is 0 Å². The van der Waals surface area contributed by atoms with Gasteiger partial charge < -0.3 is 24.7 Å². The quantitative estimate of drug-likeness (QED) is 0.494. The smallest absolute Gasteiger partial charge is 0.340 e. The van der Waals surface area contributed by atoms with Crippen molar-refractivity contribution in [2.45, 2.75) is 27.3 Å². The highest BCUT2D eigenvalue weighted by Crippen LogP contribution is 2.23. The third kappa shape index (κ3) is 5.80. The molecule has 0 aliphatic heterocycles. The number of carbonyl (C=O) groups is 4. The molecular weight excluding hydrogens is 438 g/mol. The van der Waals surface area contributed by atoms with E-state index in [1.807, 2.05) is 32.9 Å². The Morgan fingerprint density at radius 3 is 2.32 bits per heavy atom. The van der Waals surface area contributed by atoms with Gasteiger partial charge in [0.2, 0.25) is 5.91 Å². The number of rotatable bonds is 8. The average molecular weight is 466 g/mol. The van der Waals surface area contributed by atoms with Gasteiger partial charge in [-0.1, -0.05) is 35.9 Å². The van der Waals surface area contributed by atoms with E-state index in [-0.39, 0.29) is 19.0 Å². The molecule has 0 aliphatic carbocycles. The maximum atomic E-state index is 12.3. The second-order valence-corrected chi connectivity index (χ2v) is 7.94. The number of hydrogen-bond donors (Lipinski definition) is 2. The van der Waals surface area contributed by atoms with Crippen molar-refractivity contribution in [1.29, 1.82) is 0 Å². The van der Waals surface area contributed by atoms with Crippen LogP contribution < -0.4 is 10.6 Å². The second kappa shape index (κ2) is 10.7. The number of esters is 2. The lowest BCUT2D eigenvalue weighted by Gasteiger charge is -2.13. The van der Waals surface area contributed by atoms with Crippen molar-refractivity contribution in [1.82, 2.24) is 9.88 Å². The van der Waals surface area contributed by atoms with Crippen LogP contribution in [0.15, 0.2) is 42.6 Å². The van der Waals surface area contributed by atoms with E-state index in [9.17, 15) is 19.2 Å². The number of carbonyl (C=O) groups excluding carboxylic acids is 4. The van der Waals surface area contributed by atoms with Gasteiger partial charge in [0.1, 0.15) is 6.54 Å². The minimum Gasteiger partial charge on any atom is -0.465 e. The molecule has 0 atom stereocenters. The average Bonchev–Trinajstić information content (AvgIpc) is 3.16. The van der Waals surface area contributed by atoms with Crippen molar-refractivity contribution in [2.24, 2.45) is 0 Å². The highest BCUT2D eigenvalue weighted by molar-refractivity contribution is 6.04. The van der Waals surface area contributed by atoms with Crippen LogP contribution >= 0.6 is 0 Å². The Bertz CT molecular complexity index is 1240. The van der Waals surface area contributed by atoms with Crippen molar-refractivity contribution in [3.8, 4) is 0 Å². The monoisotopic (exact) mass is 465 g/mol. The molecule has 9 heteroatoms. The van der Waals surface area contributed by atoms with Gasteiger partial charge in [-0.2, -0.15) is 0 Å². The summed E-state index contributed by atoms with van der Waals surface area (Å²) in [5.74, 6) is -2.17. The molecule has 0 spiro atoms. The summed E-state index contributed by atoms with van der Waals surface area (Å²) >= 11 is 0. The van der Waals surface area contributed by atoms with Gasteiger partial charge in [0.05, 0.1) is 19.2 Å². The number of anilines is 1. The molecule has 0 bridgehead atoms. The highest BCUT2D eigenvalue weighted by atomic mass is 16.5. The summed E-state index contributed by atoms with van der Waals surface area (Å²) in [6, 6.07) is 11.0. The summed E-state index contributed by atoms with van der Waals surface area (Å²) in [6.07, 6.45) is 1.51. The van der Waals surface area contributed by atoms with Crippen molar-refractivity contribution in [3.05, 3.63) is 64.8 Å². The molecule has 0 unspecified atom stereocenters. The number of benzene rings is 2. The Kier molecular flexibility index (Phi) is 7.68. The number of hydrogen-bond acceptors (Lipinski definition) is 6. The van der Waals surface area contributed by atoms with E-state index in [2.05, 4.69) is 10.6 Å². The predicted octanol–water partition coefficient (Wildman–Crippen LogP) is 2.65. The molecule has 2 aromatic carbocycles. The molecule has 0 saturated heterocycles. The minimum absolute atomic E-state index is 0.197. The molecule has 2 N–H and O–H groups in total. The normalized spacial score (nSPS) is 10.6. The zero-order valence-corrected chi connectivity index (χ0v) is 19.6. The standard InChI is InChI=1S/C25H27N3O6/c1-15-9-16(2)24(17(3)10-15)27-21(29)11-26-22(30)14-34-23(31)13-28-12-19(25(32)33-4)18-7-5-6-8-20(18)28/h5-10,12H,11,13-14H2,1-4H3,(H,26,30)(H,27,29). The lowest BCUT2D eigenvalue weighted by atomic mass is 10.1.